The van der Waals surface area contributed by atoms with Crippen LogP contribution in [0, 0.1) is 12.8 Å². The lowest BCUT2D eigenvalue weighted by atomic mass is 11.4. The van der Waals surface area contributed by atoms with E-state index in [0.29, 0.717) is 0 Å². The van der Waals surface area contributed by atoms with E-state index in [9.17, 15) is 0 Å². The quantitative estimate of drug-likeness (QED) is 0.294. The standard InChI is InChI=1S/C2H2.H3NO/c2*1-2/h1-2H;2H,1H2. The van der Waals surface area contributed by atoms with Gasteiger partial charge in [0.05, 0.1) is 0 Å². The van der Waals surface area contributed by atoms with Gasteiger partial charge in [-0.2, -0.15) is 0 Å². The molecule has 0 atom stereocenters. The fraction of sp³-hybridized carbons (Fsp3) is 0. The van der Waals surface area contributed by atoms with Crippen LogP contribution in [0.15, 0.2) is 0 Å². The van der Waals surface area contributed by atoms with Crippen LogP contribution in [0.3, 0.4) is 0 Å². The fourth-order valence-electron chi connectivity index (χ4n) is 0. The number of rotatable bonds is 0. The van der Waals surface area contributed by atoms with Crippen molar-refractivity contribution < 1.29 is 5.21 Å². The van der Waals surface area contributed by atoms with Crippen LogP contribution < -0.4 is 5.90 Å². The first-order valence-electron chi connectivity index (χ1n) is 0.592. The number of hydrogen-bond acceptors (Lipinski definition) is 2. The molecule has 24 valence electrons. The topological polar surface area (TPSA) is 46.2 Å². The monoisotopic (exact) mass is 59.0 g/mol. The minimum absolute atomic E-state index is 3.50. The molecule has 0 aromatic rings. The predicted molar refractivity (Wildman–Crippen MR) is 15.9 cm³/mol. The molecular weight excluding hydrogens is 54.0 g/mol. The van der Waals surface area contributed by atoms with Gasteiger partial charge in [0, 0.05) is 0 Å². The number of nitrogens with two attached hydrogens (primary N) is 1. The fourth-order valence-corrected chi connectivity index (χ4v) is 0. The highest BCUT2D eigenvalue weighted by molar-refractivity contribution is 4.47. The average molecular weight is 59.1 g/mol. The maximum atomic E-state index is 6.50. The highest BCUT2D eigenvalue weighted by atomic mass is 16.4. The van der Waals surface area contributed by atoms with Gasteiger partial charge in [-0.1, -0.05) is 0 Å². The first-order valence-corrected chi connectivity index (χ1v) is 0.592. The minimum atomic E-state index is 3.50. The lowest BCUT2D eigenvalue weighted by Crippen LogP contribution is -1.72. The number of terminal acetylenes is 1. The van der Waals surface area contributed by atoms with Crippen LogP contribution in [0.2, 0.25) is 0 Å². The summed E-state index contributed by atoms with van der Waals surface area (Å²) in [5.41, 5.74) is 0. The normalized spacial score (nSPS) is 2.00. The van der Waals surface area contributed by atoms with Gasteiger partial charge in [-0.05, 0) is 0 Å². The Hall–Kier alpha value is -0.520. The van der Waals surface area contributed by atoms with Crippen LogP contribution in [-0.2, 0) is 0 Å². The van der Waals surface area contributed by atoms with E-state index in [-0.39, 0.29) is 0 Å². The molecule has 2 heteroatoms. The summed E-state index contributed by atoms with van der Waals surface area (Å²) in [5, 5.41) is 6.50. The third-order valence-electron chi connectivity index (χ3n) is 0. The molecule has 0 aliphatic rings. The van der Waals surface area contributed by atoms with E-state index in [4.69, 9.17) is 5.21 Å². The van der Waals surface area contributed by atoms with Crippen molar-refractivity contribution in [2.24, 2.45) is 5.90 Å². The molecule has 0 unspecified atom stereocenters. The van der Waals surface area contributed by atoms with E-state index in [0.717, 1.165) is 0 Å². The first kappa shape index (κ1) is 9.77. The second kappa shape index (κ2) is 20.1. The van der Waals surface area contributed by atoms with Gasteiger partial charge < -0.3 is 5.21 Å². The third-order valence-corrected chi connectivity index (χ3v) is 0. The predicted octanol–water partition coefficient (Wildman–Crippen LogP) is -0.416. The van der Waals surface area contributed by atoms with Crippen molar-refractivity contribution in [3.05, 3.63) is 0 Å². The summed E-state index contributed by atoms with van der Waals surface area (Å²) in [6.07, 6.45) is 8.00. The highest BCUT2D eigenvalue weighted by Crippen LogP contribution is 0.579. The summed E-state index contributed by atoms with van der Waals surface area (Å²) < 4.78 is 0. The molecule has 0 aromatic heterocycles. The Morgan fingerprint density at radius 1 is 1.25 bits per heavy atom. The maximum absolute atomic E-state index is 6.50. The van der Waals surface area contributed by atoms with Crippen LogP contribution in [0.4, 0.5) is 0 Å². The SMILES string of the molecule is C#C.NO. The summed E-state index contributed by atoms with van der Waals surface area (Å²) in [7, 11) is 0. The molecule has 0 heterocycles. The molecule has 0 amide bonds. The van der Waals surface area contributed by atoms with Gasteiger partial charge in [0.25, 0.3) is 0 Å². The van der Waals surface area contributed by atoms with E-state index in [1.807, 2.05) is 0 Å². The van der Waals surface area contributed by atoms with Gasteiger partial charge >= 0.3 is 0 Å². The molecule has 4 heavy (non-hydrogen) atoms. The molecule has 0 saturated carbocycles. The van der Waals surface area contributed by atoms with Gasteiger partial charge in [0.2, 0.25) is 0 Å². The molecule has 0 aromatic carbocycles. The Bertz CT molecular complexity index is 10.8. The Balaban J connectivity index is 0. The third kappa shape index (κ3) is 1.26. The summed E-state index contributed by atoms with van der Waals surface area (Å²) in [5.74, 6) is 3.50. The van der Waals surface area contributed by atoms with E-state index in [2.05, 4.69) is 18.7 Å². The lowest BCUT2D eigenvalue weighted by molar-refractivity contribution is 0.311. The Kier molecular flexibility index (Phi) is 49.1. The first-order chi connectivity index (χ1) is 2.00. The number of hydrogen-bond donors (Lipinski definition) is 2. The van der Waals surface area contributed by atoms with Gasteiger partial charge in [0.15, 0.2) is 0 Å². The molecule has 0 fully saturated rings. The van der Waals surface area contributed by atoms with E-state index < -0.39 is 0 Å². The van der Waals surface area contributed by atoms with Gasteiger partial charge in [0.1, 0.15) is 0 Å². The molecule has 2 nitrogen and oxygen atoms in total. The average Bonchev–Trinajstić information content (AvgIpc) is 1.50. The van der Waals surface area contributed by atoms with Crippen LogP contribution >= 0.6 is 0 Å². The van der Waals surface area contributed by atoms with Crippen LogP contribution in [-0.4, -0.2) is 5.21 Å². The van der Waals surface area contributed by atoms with E-state index in [1.54, 1.807) is 0 Å². The maximum Gasteiger partial charge on any atom is -0.124 e. The van der Waals surface area contributed by atoms with E-state index >= 15 is 0 Å². The smallest absolute Gasteiger partial charge is 0.124 e. The van der Waals surface area contributed by atoms with Gasteiger partial charge in [-0.15, -0.1) is 12.8 Å². The minimum Gasteiger partial charge on any atom is -0.320 e. The van der Waals surface area contributed by atoms with Crippen molar-refractivity contribution in [3.8, 4) is 12.8 Å². The van der Waals surface area contributed by atoms with Crippen molar-refractivity contribution in [1.29, 1.82) is 0 Å². The zero-order valence-corrected chi connectivity index (χ0v) is 2.18. The molecule has 0 spiro atoms. The summed E-state index contributed by atoms with van der Waals surface area (Å²) >= 11 is 0. The summed E-state index contributed by atoms with van der Waals surface area (Å²) in [4.78, 5) is 0. The largest absolute Gasteiger partial charge is 0.320 e. The molecule has 0 bridgehead atoms. The molecule has 0 radical (unpaired) electrons. The Labute approximate surface area is 25.2 Å². The van der Waals surface area contributed by atoms with E-state index in [1.165, 1.54) is 0 Å². The second-order valence-corrected chi connectivity index (χ2v) is 0. The van der Waals surface area contributed by atoms with Crippen molar-refractivity contribution in [3.63, 3.8) is 0 Å². The molecule has 0 saturated heterocycles. The second-order valence-electron chi connectivity index (χ2n) is 0. The van der Waals surface area contributed by atoms with Gasteiger partial charge in [-0.25, -0.2) is 5.90 Å². The Morgan fingerprint density at radius 3 is 1.25 bits per heavy atom. The van der Waals surface area contributed by atoms with Crippen molar-refractivity contribution in [1.82, 2.24) is 0 Å². The van der Waals surface area contributed by atoms with Crippen LogP contribution in [0.25, 0.3) is 0 Å². The lowest BCUT2D eigenvalue weighted by Gasteiger charge is -1.27. The summed E-state index contributed by atoms with van der Waals surface area (Å²) in [6.45, 7) is 0. The zero-order chi connectivity index (χ0) is 4.00. The van der Waals surface area contributed by atoms with Crippen molar-refractivity contribution >= 4 is 0 Å². The highest BCUT2D eigenvalue weighted by Gasteiger charge is 0.732. The molecule has 0 aliphatic heterocycles. The van der Waals surface area contributed by atoms with Crippen molar-refractivity contribution in [2.75, 3.05) is 0 Å². The Morgan fingerprint density at radius 2 is 1.25 bits per heavy atom. The summed E-state index contributed by atoms with van der Waals surface area (Å²) in [6, 6.07) is 0. The van der Waals surface area contributed by atoms with Crippen LogP contribution in [0.1, 0.15) is 0 Å². The molecule has 0 aliphatic carbocycles. The zero-order valence-electron chi connectivity index (χ0n) is 2.18. The van der Waals surface area contributed by atoms with Crippen LogP contribution in [0.5, 0.6) is 0 Å². The van der Waals surface area contributed by atoms with Crippen molar-refractivity contribution in [2.45, 2.75) is 0 Å². The molecule has 3 N–H and O–H groups in total. The van der Waals surface area contributed by atoms with Gasteiger partial charge in [-0.3, -0.25) is 0 Å². The molecule has 0 rings (SSSR count). The molecular formula is C2H5NO.